The standard InChI is InChI=1S/C15H23ClN4O2S/c1-15(2,3)22-14(21)17-8-10-5-6-20(9-10)12-7-11(16)18-13(19-12)23-4/h7,10H,5-6,8-9H2,1-4H3,(H,17,21)/t10-/m0/s1. The number of carbonyl (C=O) groups excluding carboxylic acids is 1. The number of hydrogen-bond acceptors (Lipinski definition) is 6. The van der Waals surface area contributed by atoms with Crippen molar-refractivity contribution in [1.29, 1.82) is 0 Å². The van der Waals surface area contributed by atoms with E-state index in [1.165, 1.54) is 11.8 Å². The second kappa shape index (κ2) is 7.57. The molecule has 1 saturated heterocycles. The smallest absolute Gasteiger partial charge is 0.407 e. The van der Waals surface area contributed by atoms with E-state index in [0.717, 1.165) is 25.3 Å². The molecule has 128 valence electrons. The summed E-state index contributed by atoms with van der Waals surface area (Å²) >= 11 is 7.51. The van der Waals surface area contributed by atoms with Crippen LogP contribution in [0.25, 0.3) is 0 Å². The number of carbonyl (C=O) groups is 1. The van der Waals surface area contributed by atoms with E-state index in [4.69, 9.17) is 16.3 Å². The Hall–Kier alpha value is -1.21. The van der Waals surface area contributed by atoms with Gasteiger partial charge in [-0.15, -0.1) is 0 Å². The van der Waals surface area contributed by atoms with Crippen LogP contribution >= 0.6 is 23.4 Å². The minimum absolute atomic E-state index is 0.369. The van der Waals surface area contributed by atoms with E-state index in [1.54, 1.807) is 6.07 Å². The van der Waals surface area contributed by atoms with Crippen molar-refractivity contribution in [3.8, 4) is 0 Å². The number of nitrogens with zero attached hydrogens (tertiary/aromatic N) is 3. The van der Waals surface area contributed by atoms with Gasteiger partial charge in [0, 0.05) is 25.7 Å². The highest BCUT2D eigenvalue weighted by molar-refractivity contribution is 7.98. The molecule has 0 radical (unpaired) electrons. The highest BCUT2D eigenvalue weighted by atomic mass is 35.5. The summed E-state index contributed by atoms with van der Waals surface area (Å²) in [5.41, 5.74) is -0.474. The van der Waals surface area contributed by atoms with Crippen LogP contribution in [-0.2, 0) is 4.74 Å². The van der Waals surface area contributed by atoms with Gasteiger partial charge in [0.2, 0.25) is 0 Å². The van der Waals surface area contributed by atoms with Crippen LogP contribution in [0.4, 0.5) is 10.6 Å². The fraction of sp³-hybridized carbons (Fsp3) is 0.667. The van der Waals surface area contributed by atoms with E-state index in [1.807, 2.05) is 27.0 Å². The highest BCUT2D eigenvalue weighted by Crippen LogP contribution is 2.25. The van der Waals surface area contributed by atoms with Crippen LogP contribution in [0.5, 0.6) is 0 Å². The third kappa shape index (κ3) is 5.73. The Bertz CT molecular complexity index is 565. The van der Waals surface area contributed by atoms with Crippen LogP contribution in [0.3, 0.4) is 0 Å². The molecule has 1 fully saturated rings. The van der Waals surface area contributed by atoms with E-state index in [2.05, 4.69) is 20.2 Å². The molecule has 0 bridgehead atoms. The molecule has 2 heterocycles. The van der Waals surface area contributed by atoms with Crippen LogP contribution < -0.4 is 10.2 Å². The molecule has 1 aliphatic rings. The molecular formula is C15H23ClN4O2S. The fourth-order valence-corrected chi connectivity index (χ4v) is 2.99. The first-order chi connectivity index (χ1) is 10.8. The van der Waals surface area contributed by atoms with Gasteiger partial charge in [0.25, 0.3) is 0 Å². The van der Waals surface area contributed by atoms with Gasteiger partial charge in [0.05, 0.1) is 0 Å². The van der Waals surface area contributed by atoms with Gasteiger partial charge in [0.1, 0.15) is 16.6 Å². The minimum atomic E-state index is -0.474. The predicted octanol–water partition coefficient (Wildman–Crippen LogP) is 3.20. The number of thioether (sulfide) groups is 1. The zero-order valence-corrected chi connectivity index (χ0v) is 15.5. The molecule has 0 unspecified atom stereocenters. The topological polar surface area (TPSA) is 67.4 Å². The van der Waals surface area contributed by atoms with E-state index in [-0.39, 0.29) is 6.09 Å². The lowest BCUT2D eigenvalue weighted by molar-refractivity contribution is 0.0520. The first kappa shape index (κ1) is 18.1. The maximum atomic E-state index is 11.7. The molecule has 23 heavy (non-hydrogen) atoms. The van der Waals surface area contributed by atoms with E-state index < -0.39 is 5.60 Å². The quantitative estimate of drug-likeness (QED) is 0.506. The van der Waals surface area contributed by atoms with Gasteiger partial charge in [-0.1, -0.05) is 23.4 Å². The molecule has 2 rings (SSSR count). The van der Waals surface area contributed by atoms with Crippen molar-refractivity contribution in [2.24, 2.45) is 5.92 Å². The van der Waals surface area contributed by atoms with Gasteiger partial charge < -0.3 is 15.0 Å². The summed E-state index contributed by atoms with van der Waals surface area (Å²) in [4.78, 5) is 22.5. The average molecular weight is 359 g/mol. The minimum Gasteiger partial charge on any atom is -0.444 e. The summed E-state index contributed by atoms with van der Waals surface area (Å²) in [6.07, 6.45) is 2.55. The largest absolute Gasteiger partial charge is 0.444 e. The van der Waals surface area contributed by atoms with Gasteiger partial charge >= 0.3 is 6.09 Å². The first-order valence-electron chi connectivity index (χ1n) is 7.57. The normalized spacial score (nSPS) is 18.1. The maximum Gasteiger partial charge on any atom is 0.407 e. The number of amides is 1. The molecule has 0 aromatic carbocycles. The third-order valence-electron chi connectivity index (χ3n) is 3.39. The molecule has 6 nitrogen and oxygen atoms in total. The fourth-order valence-electron chi connectivity index (χ4n) is 2.39. The summed E-state index contributed by atoms with van der Waals surface area (Å²) in [6.45, 7) is 7.88. The van der Waals surface area contributed by atoms with Crippen molar-refractivity contribution >= 4 is 35.3 Å². The zero-order valence-electron chi connectivity index (χ0n) is 13.9. The van der Waals surface area contributed by atoms with Gasteiger partial charge in [-0.05, 0) is 39.4 Å². The highest BCUT2D eigenvalue weighted by Gasteiger charge is 2.25. The maximum absolute atomic E-state index is 11.7. The molecule has 0 aliphatic carbocycles. The molecule has 1 atom stereocenters. The Morgan fingerprint density at radius 2 is 2.26 bits per heavy atom. The third-order valence-corrected chi connectivity index (χ3v) is 4.13. The number of ether oxygens (including phenoxy) is 1. The number of aromatic nitrogens is 2. The Balaban J connectivity index is 1.87. The lowest BCUT2D eigenvalue weighted by Gasteiger charge is -2.21. The molecule has 1 N–H and O–H groups in total. The summed E-state index contributed by atoms with van der Waals surface area (Å²) in [5, 5.41) is 3.96. The monoisotopic (exact) mass is 358 g/mol. The van der Waals surface area contributed by atoms with Crippen molar-refractivity contribution in [1.82, 2.24) is 15.3 Å². The molecule has 8 heteroatoms. The second-order valence-corrected chi connectivity index (χ2v) is 7.68. The number of alkyl carbamates (subject to hydrolysis) is 1. The Labute approximate surface area is 146 Å². The van der Waals surface area contributed by atoms with E-state index >= 15 is 0 Å². The Morgan fingerprint density at radius 3 is 2.91 bits per heavy atom. The Morgan fingerprint density at radius 1 is 1.52 bits per heavy atom. The molecule has 0 spiro atoms. The number of anilines is 1. The number of halogens is 1. The van der Waals surface area contributed by atoms with Crippen LogP contribution in [-0.4, -0.2) is 47.6 Å². The Kier molecular flexibility index (Phi) is 5.97. The van der Waals surface area contributed by atoms with Crippen LogP contribution in [0, 0.1) is 5.92 Å². The van der Waals surface area contributed by atoms with Crippen molar-refractivity contribution in [3.05, 3.63) is 11.2 Å². The lowest BCUT2D eigenvalue weighted by Crippen LogP contribution is -2.36. The van der Waals surface area contributed by atoms with Crippen molar-refractivity contribution in [2.45, 2.75) is 37.9 Å². The summed E-state index contributed by atoms with van der Waals surface area (Å²) in [5.74, 6) is 1.21. The predicted molar refractivity (Wildman–Crippen MR) is 93.4 cm³/mol. The molecule has 1 aromatic heterocycles. The number of nitrogens with one attached hydrogen (secondary N) is 1. The lowest BCUT2D eigenvalue weighted by atomic mass is 10.1. The van der Waals surface area contributed by atoms with Gasteiger partial charge in [-0.25, -0.2) is 14.8 Å². The SMILES string of the molecule is CSc1nc(Cl)cc(N2CC[C@@H](CNC(=O)OC(C)(C)C)C2)n1. The van der Waals surface area contributed by atoms with Gasteiger partial charge in [0.15, 0.2) is 5.16 Å². The average Bonchev–Trinajstić information content (AvgIpc) is 2.91. The molecule has 1 aliphatic heterocycles. The van der Waals surface area contributed by atoms with Gasteiger partial charge in [-0.3, -0.25) is 0 Å². The summed E-state index contributed by atoms with van der Waals surface area (Å²) in [6, 6.07) is 1.78. The van der Waals surface area contributed by atoms with Crippen molar-refractivity contribution in [2.75, 3.05) is 30.8 Å². The number of rotatable bonds is 4. The summed E-state index contributed by atoms with van der Waals surface area (Å²) < 4.78 is 5.25. The van der Waals surface area contributed by atoms with E-state index in [9.17, 15) is 4.79 Å². The van der Waals surface area contributed by atoms with Crippen LogP contribution in [0.15, 0.2) is 11.2 Å². The first-order valence-corrected chi connectivity index (χ1v) is 9.17. The van der Waals surface area contributed by atoms with Crippen LogP contribution in [0.2, 0.25) is 5.15 Å². The summed E-state index contributed by atoms with van der Waals surface area (Å²) in [7, 11) is 0. The van der Waals surface area contributed by atoms with Crippen LogP contribution in [0.1, 0.15) is 27.2 Å². The second-order valence-electron chi connectivity index (χ2n) is 6.52. The van der Waals surface area contributed by atoms with Gasteiger partial charge in [-0.2, -0.15) is 0 Å². The number of hydrogen-bond donors (Lipinski definition) is 1. The molecule has 1 aromatic rings. The molecule has 1 amide bonds. The molecular weight excluding hydrogens is 336 g/mol. The van der Waals surface area contributed by atoms with E-state index in [0.29, 0.717) is 22.8 Å². The van der Waals surface area contributed by atoms with Crippen molar-refractivity contribution < 1.29 is 9.53 Å². The van der Waals surface area contributed by atoms with Crippen molar-refractivity contribution in [3.63, 3.8) is 0 Å². The molecule has 0 saturated carbocycles. The zero-order chi connectivity index (χ0) is 17.0.